The molecule has 0 spiro atoms. The van der Waals surface area contributed by atoms with E-state index in [1.54, 1.807) is 0 Å². The molecule has 0 radical (unpaired) electrons. The molecule has 6 heteroatoms. The highest BCUT2D eigenvalue weighted by molar-refractivity contribution is 9.11. The number of thiophene rings is 1. The Balaban J connectivity index is 2.21. The third-order valence-corrected chi connectivity index (χ3v) is 4.42. The van der Waals surface area contributed by atoms with E-state index in [9.17, 15) is 4.79 Å². The highest BCUT2D eigenvalue weighted by atomic mass is 79.9. The zero-order chi connectivity index (χ0) is 13.3. The molecule has 0 saturated heterocycles. The Morgan fingerprint density at radius 2 is 1.83 bits per heavy atom. The molecule has 1 amide bonds. The van der Waals surface area contributed by atoms with Crippen LogP contribution in [0.1, 0.15) is 26.6 Å². The van der Waals surface area contributed by atoms with Gasteiger partial charge in [-0.2, -0.15) is 0 Å². The average molecular weight is 326 g/mol. The molecule has 0 aliphatic carbocycles. The summed E-state index contributed by atoms with van der Waals surface area (Å²) in [6.07, 6.45) is 0. The molecule has 2 heterocycles. The first-order valence-corrected chi connectivity index (χ1v) is 6.96. The van der Waals surface area contributed by atoms with Gasteiger partial charge in [-0.25, -0.2) is 9.97 Å². The second-order valence-electron chi connectivity index (χ2n) is 4.00. The molecular weight excluding hydrogens is 314 g/mol. The van der Waals surface area contributed by atoms with Gasteiger partial charge in [-0.15, -0.1) is 11.3 Å². The fourth-order valence-corrected chi connectivity index (χ4v) is 2.95. The van der Waals surface area contributed by atoms with Gasteiger partial charge < -0.3 is 0 Å². The Labute approximate surface area is 118 Å². The number of nitrogens with zero attached hydrogens (tertiary/aromatic N) is 2. The maximum absolute atomic E-state index is 12.0. The van der Waals surface area contributed by atoms with Gasteiger partial charge in [-0.05, 0) is 54.4 Å². The molecule has 2 rings (SSSR count). The average Bonchev–Trinajstić information content (AvgIpc) is 2.57. The molecule has 1 N–H and O–H groups in total. The molecule has 0 unspecified atom stereocenters. The van der Waals surface area contributed by atoms with Crippen LogP contribution in [0.15, 0.2) is 15.9 Å². The van der Waals surface area contributed by atoms with Crippen LogP contribution in [0.4, 0.5) is 5.95 Å². The minimum Gasteiger partial charge on any atom is -0.290 e. The minimum atomic E-state index is -0.182. The third-order valence-electron chi connectivity index (χ3n) is 2.29. The molecule has 0 fully saturated rings. The molecule has 0 aliphatic rings. The van der Waals surface area contributed by atoms with E-state index in [2.05, 4.69) is 31.2 Å². The fourth-order valence-electron chi connectivity index (χ4n) is 1.52. The van der Waals surface area contributed by atoms with Crippen molar-refractivity contribution in [2.45, 2.75) is 20.8 Å². The number of rotatable bonds is 2. The molecule has 0 bridgehead atoms. The van der Waals surface area contributed by atoms with E-state index in [1.807, 2.05) is 32.9 Å². The number of anilines is 1. The number of aryl methyl sites for hydroxylation is 3. The van der Waals surface area contributed by atoms with Crippen LogP contribution in [0.2, 0.25) is 0 Å². The van der Waals surface area contributed by atoms with E-state index in [4.69, 9.17) is 0 Å². The van der Waals surface area contributed by atoms with Crippen molar-refractivity contribution >= 4 is 39.1 Å². The van der Waals surface area contributed by atoms with Gasteiger partial charge in [-0.3, -0.25) is 10.1 Å². The normalized spacial score (nSPS) is 10.4. The van der Waals surface area contributed by atoms with Gasteiger partial charge in [0.1, 0.15) is 0 Å². The number of carbonyl (C=O) groups is 1. The smallest absolute Gasteiger partial charge is 0.268 e. The quantitative estimate of drug-likeness (QED) is 0.919. The number of hydrogen-bond acceptors (Lipinski definition) is 4. The minimum absolute atomic E-state index is 0.182. The summed E-state index contributed by atoms with van der Waals surface area (Å²) in [7, 11) is 0. The first-order chi connectivity index (χ1) is 8.45. The van der Waals surface area contributed by atoms with Crippen molar-refractivity contribution in [2.24, 2.45) is 0 Å². The van der Waals surface area contributed by atoms with Crippen molar-refractivity contribution in [3.8, 4) is 0 Å². The Hall–Kier alpha value is -1.27. The molecule has 0 aromatic carbocycles. The lowest BCUT2D eigenvalue weighted by Crippen LogP contribution is -2.13. The largest absolute Gasteiger partial charge is 0.290 e. The summed E-state index contributed by atoms with van der Waals surface area (Å²) < 4.78 is 0.967. The molecule has 0 saturated carbocycles. The topological polar surface area (TPSA) is 54.9 Å². The fraction of sp³-hybridized carbons (Fsp3) is 0.250. The maximum atomic E-state index is 12.0. The Bertz CT molecular complexity index is 570. The van der Waals surface area contributed by atoms with Gasteiger partial charge in [-0.1, -0.05) is 0 Å². The van der Waals surface area contributed by atoms with Crippen LogP contribution in [0.25, 0.3) is 0 Å². The van der Waals surface area contributed by atoms with Crippen LogP contribution < -0.4 is 5.32 Å². The zero-order valence-electron chi connectivity index (χ0n) is 10.2. The van der Waals surface area contributed by atoms with Crippen molar-refractivity contribution < 1.29 is 4.79 Å². The molecule has 2 aromatic heterocycles. The molecule has 2 aromatic rings. The first kappa shape index (κ1) is 13.2. The predicted octanol–water partition coefficient (Wildman–Crippen LogP) is 3.48. The SMILES string of the molecule is Cc1cc(C)nc(NC(=O)c2cc(C)c(Br)s2)n1. The number of aromatic nitrogens is 2. The third kappa shape index (κ3) is 2.94. The summed E-state index contributed by atoms with van der Waals surface area (Å²) in [5, 5.41) is 2.71. The predicted molar refractivity (Wildman–Crippen MR) is 76.2 cm³/mol. The van der Waals surface area contributed by atoms with E-state index in [0.29, 0.717) is 10.8 Å². The lowest BCUT2D eigenvalue weighted by molar-refractivity contribution is 0.102. The van der Waals surface area contributed by atoms with Crippen molar-refractivity contribution in [1.29, 1.82) is 0 Å². The van der Waals surface area contributed by atoms with Gasteiger partial charge in [0, 0.05) is 11.4 Å². The van der Waals surface area contributed by atoms with E-state index in [0.717, 1.165) is 20.7 Å². The second-order valence-corrected chi connectivity index (χ2v) is 6.37. The molecule has 0 aliphatic heterocycles. The van der Waals surface area contributed by atoms with E-state index in [1.165, 1.54) is 11.3 Å². The second kappa shape index (κ2) is 5.16. The lowest BCUT2D eigenvalue weighted by atomic mass is 10.3. The molecule has 0 atom stereocenters. The van der Waals surface area contributed by atoms with Crippen LogP contribution in [0.5, 0.6) is 0 Å². The zero-order valence-corrected chi connectivity index (χ0v) is 12.6. The standard InChI is InChI=1S/C12H12BrN3OS/c1-6-4-9(18-10(6)13)11(17)16-12-14-7(2)5-8(3)15-12/h4-5H,1-3H3,(H,14,15,16,17). The Morgan fingerprint density at radius 3 is 2.33 bits per heavy atom. The van der Waals surface area contributed by atoms with Crippen LogP contribution in [-0.4, -0.2) is 15.9 Å². The lowest BCUT2D eigenvalue weighted by Gasteiger charge is -2.03. The van der Waals surface area contributed by atoms with Crippen LogP contribution in [0, 0.1) is 20.8 Å². The van der Waals surface area contributed by atoms with Crippen molar-refractivity contribution in [3.63, 3.8) is 0 Å². The van der Waals surface area contributed by atoms with E-state index < -0.39 is 0 Å². The van der Waals surface area contributed by atoms with Crippen molar-refractivity contribution in [2.75, 3.05) is 5.32 Å². The molecule has 94 valence electrons. The van der Waals surface area contributed by atoms with Gasteiger partial charge >= 0.3 is 0 Å². The molecule has 18 heavy (non-hydrogen) atoms. The Kier molecular flexibility index (Phi) is 3.77. The number of halogens is 1. The van der Waals surface area contributed by atoms with Gasteiger partial charge in [0.2, 0.25) is 5.95 Å². The van der Waals surface area contributed by atoms with E-state index in [-0.39, 0.29) is 5.91 Å². The summed E-state index contributed by atoms with van der Waals surface area (Å²) in [5.41, 5.74) is 2.72. The number of nitrogens with one attached hydrogen (secondary N) is 1. The number of amides is 1. The van der Waals surface area contributed by atoms with Crippen molar-refractivity contribution in [3.05, 3.63) is 37.7 Å². The van der Waals surface area contributed by atoms with Crippen molar-refractivity contribution in [1.82, 2.24) is 9.97 Å². The molecule has 4 nitrogen and oxygen atoms in total. The Morgan fingerprint density at radius 1 is 1.22 bits per heavy atom. The van der Waals surface area contributed by atoms with Gasteiger partial charge in [0.15, 0.2) is 0 Å². The highest BCUT2D eigenvalue weighted by Crippen LogP contribution is 2.27. The summed E-state index contributed by atoms with van der Waals surface area (Å²) >= 11 is 4.80. The summed E-state index contributed by atoms with van der Waals surface area (Å²) in [6.45, 7) is 5.69. The maximum Gasteiger partial charge on any atom is 0.268 e. The first-order valence-electron chi connectivity index (χ1n) is 5.35. The van der Waals surface area contributed by atoms with E-state index >= 15 is 0 Å². The van der Waals surface area contributed by atoms with Crippen LogP contribution in [0.3, 0.4) is 0 Å². The summed E-state index contributed by atoms with van der Waals surface area (Å²) in [4.78, 5) is 21.0. The van der Waals surface area contributed by atoms with Gasteiger partial charge in [0.25, 0.3) is 5.91 Å². The summed E-state index contributed by atoms with van der Waals surface area (Å²) in [6, 6.07) is 3.70. The molecular formula is C12H12BrN3OS. The highest BCUT2D eigenvalue weighted by Gasteiger charge is 2.12. The monoisotopic (exact) mass is 325 g/mol. The van der Waals surface area contributed by atoms with Crippen LogP contribution >= 0.6 is 27.3 Å². The van der Waals surface area contributed by atoms with Crippen LogP contribution in [-0.2, 0) is 0 Å². The summed E-state index contributed by atoms with van der Waals surface area (Å²) in [5.74, 6) is 0.165. The number of hydrogen-bond donors (Lipinski definition) is 1. The van der Waals surface area contributed by atoms with Gasteiger partial charge in [0.05, 0.1) is 8.66 Å². The number of carbonyl (C=O) groups excluding carboxylic acids is 1.